The predicted octanol–water partition coefficient (Wildman–Crippen LogP) is 1.94. The van der Waals surface area contributed by atoms with Gasteiger partial charge in [-0.15, -0.1) is 0 Å². The molecule has 0 amide bonds. The summed E-state index contributed by atoms with van der Waals surface area (Å²) in [6.45, 7) is 6.47. The second kappa shape index (κ2) is 10.6. The van der Waals surface area contributed by atoms with Crippen LogP contribution in [0.2, 0.25) is 0 Å². The van der Waals surface area contributed by atoms with Crippen molar-refractivity contribution in [3.63, 3.8) is 0 Å². The lowest BCUT2D eigenvalue weighted by molar-refractivity contribution is -0.0452. The first-order valence-corrected chi connectivity index (χ1v) is 8.28. The van der Waals surface area contributed by atoms with E-state index < -0.39 is 6.10 Å². The van der Waals surface area contributed by atoms with E-state index in [0.29, 0.717) is 31.1 Å². The molecule has 0 bridgehead atoms. The lowest BCUT2D eigenvalue weighted by Gasteiger charge is -2.29. The van der Waals surface area contributed by atoms with E-state index >= 15 is 0 Å². The minimum absolute atomic E-state index is 0.241. The Kier molecular flexibility index (Phi) is 9.44. The van der Waals surface area contributed by atoms with Crippen LogP contribution < -0.4 is 5.32 Å². The highest BCUT2D eigenvalue weighted by Gasteiger charge is 2.22. The molecule has 0 aromatic carbocycles. The number of rotatable bonds is 10. The van der Waals surface area contributed by atoms with Crippen molar-refractivity contribution in [1.29, 1.82) is 0 Å². The second-order valence-corrected chi connectivity index (χ2v) is 6.23. The molecule has 4 unspecified atom stereocenters. The Hall–Kier alpha value is -0.160. The number of hydrogen-bond acceptors (Lipinski definition) is 4. The summed E-state index contributed by atoms with van der Waals surface area (Å²) in [5, 5.41) is 22.2. The van der Waals surface area contributed by atoms with Crippen molar-refractivity contribution < 1.29 is 14.9 Å². The highest BCUT2D eigenvalue weighted by atomic mass is 16.5. The standard InChI is InChI=1S/C16H33NO3/c1-3-14(8-9-18)10-17-11-15(19)12-20-16-7-5-4-6-13(16)2/h13-19H,3-12H2,1-2H3. The van der Waals surface area contributed by atoms with Gasteiger partial charge < -0.3 is 20.3 Å². The van der Waals surface area contributed by atoms with E-state index in [-0.39, 0.29) is 6.61 Å². The van der Waals surface area contributed by atoms with Gasteiger partial charge in [-0.2, -0.15) is 0 Å². The molecule has 4 nitrogen and oxygen atoms in total. The van der Waals surface area contributed by atoms with Gasteiger partial charge in [0.05, 0.1) is 18.8 Å². The maximum atomic E-state index is 9.94. The van der Waals surface area contributed by atoms with E-state index in [1.54, 1.807) is 0 Å². The van der Waals surface area contributed by atoms with Gasteiger partial charge in [-0.05, 0) is 37.6 Å². The molecule has 4 heteroatoms. The number of nitrogens with one attached hydrogen (secondary N) is 1. The van der Waals surface area contributed by atoms with E-state index in [4.69, 9.17) is 9.84 Å². The van der Waals surface area contributed by atoms with Crippen molar-refractivity contribution in [2.75, 3.05) is 26.3 Å². The van der Waals surface area contributed by atoms with Crippen LogP contribution in [0.3, 0.4) is 0 Å². The molecule has 0 radical (unpaired) electrons. The average molecular weight is 287 g/mol. The van der Waals surface area contributed by atoms with Crippen molar-refractivity contribution in [2.24, 2.45) is 11.8 Å². The molecule has 0 aromatic rings. The van der Waals surface area contributed by atoms with Crippen molar-refractivity contribution in [2.45, 2.75) is 64.6 Å². The maximum absolute atomic E-state index is 9.94. The fourth-order valence-corrected chi connectivity index (χ4v) is 2.91. The Morgan fingerprint density at radius 2 is 2.00 bits per heavy atom. The number of ether oxygens (including phenoxy) is 1. The molecule has 1 aliphatic carbocycles. The van der Waals surface area contributed by atoms with Crippen LogP contribution in [0.1, 0.15) is 52.4 Å². The summed E-state index contributed by atoms with van der Waals surface area (Å²) < 4.78 is 5.86. The van der Waals surface area contributed by atoms with Crippen LogP contribution in [0.15, 0.2) is 0 Å². The molecule has 1 aliphatic rings. The van der Waals surface area contributed by atoms with Crippen LogP contribution in [0, 0.1) is 11.8 Å². The SMILES string of the molecule is CCC(CCO)CNCC(O)COC1CCCCC1C. The number of hydrogen-bond donors (Lipinski definition) is 3. The molecule has 20 heavy (non-hydrogen) atoms. The van der Waals surface area contributed by atoms with Gasteiger partial charge in [-0.3, -0.25) is 0 Å². The Morgan fingerprint density at radius 3 is 2.65 bits per heavy atom. The zero-order valence-corrected chi connectivity index (χ0v) is 13.2. The lowest BCUT2D eigenvalue weighted by Crippen LogP contribution is -2.36. The van der Waals surface area contributed by atoms with E-state index in [2.05, 4.69) is 19.2 Å². The van der Waals surface area contributed by atoms with Crippen LogP contribution >= 0.6 is 0 Å². The first-order valence-electron chi connectivity index (χ1n) is 8.28. The summed E-state index contributed by atoms with van der Waals surface area (Å²) in [6.07, 6.45) is 6.73. The first kappa shape index (κ1) is 17.9. The second-order valence-electron chi connectivity index (χ2n) is 6.23. The normalized spacial score (nSPS) is 26.4. The largest absolute Gasteiger partial charge is 0.396 e. The van der Waals surface area contributed by atoms with Gasteiger partial charge in [0.2, 0.25) is 0 Å². The molecule has 0 spiro atoms. The van der Waals surface area contributed by atoms with Crippen LogP contribution in [0.4, 0.5) is 0 Å². The fourth-order valence-electron chi connectivity index (χ4n) is 2.91. The van der Waals surface area contributed by atoms with Crippen LogP contribution in [0.5, 0.6) is 0 Å². The van der Waals surface area contributed by atoms with Crippen LogP contribution in [-0.2, 0) is 4.74 Å². The van der Waals surface area contributed by atoms with Gasteiger partial charge in [-0.25, -0.2) is 0 Å². The van der Waals surface area contributed by atoms with Crippen LogP contribution in [-0.4, -0.2) is 48.7 Å². The molecule has 0 heterocycles. The van der Waals surface area contributed by atoms with E-state index in [1.807, 2.05) is 0 Å². The average Bonchev–Trinajstić information content (AvgIpc) is 2.45. The van der Waals surface area contributed by atoms with Gasteiger partial charge in [0.1, 0.15) is 0 Å². The minimum Gasteiger partial charge on any atom is -0.396 e. The van der Waals surface area contributed by atoms with Gasteiger partial charge in [-0.1, -0.05) is 33.1 Å². The van der Waals surface area contributed by atoms with Crippen molar-refractivity contribution in [1.82, 2.24) is 5.32 Å². The minimum atomic E-state index is -0.434. The summed E-state index contributed by atoms with van der Waals surface area (Å²) in [5.74, 6) is 1.12. The molecular weight excluding hydrogens is 254 g/mol. The van der Waals surface area contributed by atoms with E-state index in [9.17, 15) is 5.11 Å². The first-order chi connectivity index (χ1) is 9.67. The van der Waals surface area contributed by atoms with E-state index in [0.717, 1.165) is 25.8 Å². The lowest BCUT2D eigenvalue weighted by atomic mass is 9.88. The highest BCUT2D eigenvalue weighted by Crippen LogP contribution is 2.26. The molecule has 0 saturated heterocycles. The van der Waals surface area contributed by atoms with Crippen LogP contribution in [0.25, 0.3) is 0 Å². The molecule has 0 aromatic heterocycles. The summed E-state index contributed by atoms with van der Waals surface area (Å²) >= 11 is 0. The third-order valence-electron chi connectivity index (χ3n) is 4.46. The quantitative estimate of drug-likeness (QED) is 0.575. The molecule has 1 fully saturated rings. The monoisotopic (exact) mass is 287 g/mol. The summed E-state index contributed by atoms with van der Waals surface area (Å²) in [6, 6.07) is 0. The highest BCUT2D eigenvalue weighted by molar-refractivity contribution is 4.73. The Morgan fingerprint density at radius 1 is 1.25 bits per heavy atom. The molecule has 0 aliphatic heterocycles. The Labute approximate surface area is 123 Å². The summed E-state index contributed by atoms with van der Waals surface area (Å²) in [4.78, 5) is 0. The fraction of sp³-hybridized carbons (Fsp3) is 1.00. The number of aliphatic hydroxyl groups excluding tert-OH is 2. The van der Waals surface area contributed by atoms with Gasteiger partial charge in [0, 0.05) is 13.2 Å². The summed E-state index contributed by atoms with van der Waals surface area (Å²) in [5.41, 5.74) is 0. The molecular formula is C16H33NO3. The topological polar surface area (TPSA) is 61.7 Å². The van der Waals surface area contributed by atoms with E-state index in [1.165, 1.54) is 19.3 Å². The number of aliphatic hydroxyl groups is 2. The van der Waals surface area contributed by atoms with Crippen molar-refractivity contribution in [3.05, 3.63) is 0 Å². The molecule has 3 N–H and O–H groups in total. The molecule has 1 rings (SSSR count). The van der Waals surface area contributed by atoms with Gasteiger partial charge in [0.25, 0.3) is 0 Å². The Balaban J connectivity index is 2.08. The third-order valence-corrected chi connectivity index (χ3v) is 4.46. The van der Waals surface area contributed by atoms with Crippen molar-refractivity contribution >= 4 is 0 Å². The smallest absolute Gasteiger partial charge is 0.0897 e. The van der Waals surface area contributed by atoms with Gasteiger partial charge in [0.15, 0.2) is 0 Å². The van der Waals surface area contributed by atoms with Gasteiger partial charge >= 0.3 is 0 Å². The molecule has 120 valence electrons. The van der Waals surface area contributed by atoms with Crippen molar-refractivity contribution in [3.8, 4) is 0 Å². The zero-order chi connectivity index (χ0) is 14.8. The Bertz CT molecular complexity index is 238. The predicted molar refractivity (Wildman–Crippen MR) is 81.7 cm³/mol. The zero-order valence-electron chi connectivity index (χ0n) is 13.2. The molecule has 4 atom stereocenters. The summed E-state index contributed by atoms with van der Waals surface area (Å²) in [7, 11) is 0. The maximum Gasteiger partial charge on any atom is 0.0897 e. The third kappa shape index (κ3) is 7.02. The molecule has 1 saturated carbocycles.